The van der Waals surface area contributed by atoms with E-state index in [0.717, 1.165) is 22.4 Å². The molecular formula is C27H27F3N2O3. The summed E-state index contributed by atoms with van der Waals surface area (Å²) >= 11 is 0. The SMILES string of the molecule is O=C(CC1CCc2ccc(CCn3ccc(OCc4ccccn4)cc3=O)cc2CC1)C(F)(F)F. The van der Waals surface area contributed by atoms with Crippen molar-refractivity contribution in [3.63, 3.8) is 0 Å². The van der Waals surface area contributed by atoms with Crippen LogP contribution in [0.4, 0.5) is 13.2 Å². The van der Waals surface area contributed by atoms with Crippen molar-refractivity contribution >= 4 is 5.78 Å². The Morgan fingerprint density at radius 3 is 2.57 bits per heavy atom. The first-order valence-corrected chi connectivity index (χ1v) is 11.7. The Hall–Kier alpha value is -3.42. The minimum absolute atomic E-state index is 0.157. The number of carbonyl (C=O) groups excluding carboxylic acids is 1. The minimum atomic E-state index is -4.76. The summed E-state index contributed by atoms with van der Waals surface area (Å²) in [6.07, 6.45) is 1.33. The van der Waals surface area contributed by atoms with E-state index in [4.69, 9.17) is 4.74 Å². The molecule has 184 valence electrons. The first-order chi connectivity index (χ1) is 16.8. The Morgan fingerprint density at radius 2 is 1.86 bits per heavy atom. The molecule has 0 saturated carbocycles. The lowest BCUT2D eigenvalue weighted by Crippen LogP contribution is -2.25. The van der Waals surface area contributed by atoms with Crippen LogP contribution in [0.1, 0.15) is 41.6 Å². The third kappa shape index (κ3) is 6.81. The molecule has 0 saturated heterocycles. The Kier molecular flexibility index (Phi) is 7.68. The molecule has 0 fully saturated rings. The lowest BCUT2D eigenvalue weighted by Gasteiger charge is -2.13. The van der Waals surface area contributed by atoms with Gasteiger partial charge in [-0.15, -0.1) is 0 Å². The average molecular weight is 485 g/mol. The van der Waals surface area contributed by atoms with Crippen LogP contribution in [0.2, 0.25) is 0 Å². The molecule has 2 aromatic heterocycles. The summed E-state index contributed by atoms with van der Waals surface area (Å²) in [5.74, 6) is -1.40. The normalized spacial score (nSPS) is 15.8. The van der Waals surface area contributed by atoms with Gasteiger partial charge in [0, 0.05) is 31.4 Å². The van der Waals surface area contributed by atoms with Crippen molar-refractivity contribution in [2.24, 2.45) is 5.92 Å². The molecule has 1 aliphatic carbocycles. The quantitative estimate of drug-likeness (QED) is 0.419. The van der Waals surface area contributed by atoms with Gasteiger partial charge in [0.25, 0.3) is 5.56 Å². The molecule has 1 atom stereocenters. The second kappa shape index (κ2) is 10.9. The molecule has 0 spiro atoms. The van der Waals surface area contributed by atoms with Crippen molar-refractivity contribution < 1.29 is 22.7 Å². The Bertz CT molecular complexity index is 1220. The second-order valence-electron chi connectivity index (χ2n) is 8.93. The van der Waals surface area contributed by atoms with E-state index < -0.39 is 18.4 Å². The van der Waals surface area contributed by atoms with Crippen molar-refractivity contribution in [1.29, 1.82) is 0 Å². The van der Waals surface area contributed by atoms with Gasteiger partial charge in [-0.3, -0.25) is 14.6 Å². The number of Topliss-reactive ketones (excluding diaryl/α,β-unsaturated/α-hetero) is 1. The van der Waals surface area contributed by atoms with Crippen LogP contribution in [0, 0.1) is 5.92 Å². The molecule has 5 nitrogen and oxygen atoms in total. The van der Waals surface area contributed by atoms with Crippen molar-refractivity contribution in [1.82, 2.24) is 9.55 Å². The highest BCUT2D eigenvalue weighted by Crippen LogP contribution is 2.30. The number of hydrogen-bond donors (Lipinski definition) is 0. The van der Waals surface area contributed by atoms with Gasteiger partial charge in [-0.25, -0.2) is 0 Å². The van der Waals surface area contributed by atoms with Gasteiger partial charge in [0.05, 0.1) is 5.69 Å². The zero-order valence-electron chi connectivity index (χ0n) is 19.3. The van der Waals surface area contributed by atoms with Gasteiger partial charge in [-0.2, -0.15) is 13.2 Å². The molecular weight excluding hydrogens is 457 g/mol. The minimum Gasteiger partial charge on any atom is -0.487 e. The highest BCUT2D eigenvalue weighted by atomic mass is 19.4. The number of fused-ring (bicyclic) bond motifs is 1. The van der Waals surface area contributed by atoms with E-state index >= 15 is 0 Å². The second-order valence-corrected chi connectivity index (χ2v) is 8.93. The van der Waals surface area contributed by atoms with E-state index in [0.29, 0.717) is 44.4 Å². The predicted molar refractivity (Wildman–Crippen MR) is 125 cm³/mol. The summed E-state index contributed by atoms with van der Waals surface area (Å²) in [4.78, 5) is 28.1. The van der Waals surface area contributed by atoms with Gasteiger partial charge in [0.1, 0.15) is 12.4 Å². The molecule has 35 heavy (non-hydrogen) atoms. The number of hydrogen-bond acceptors (Lipinski definition) is 4. The fraction of sp³-hybridized carbons (Fsp3) is 0.370. The lowest BCUT2D eigenvalue weighted by molar-refractivity contribution is -0.172. The maximum Gasteiger partial charge on any atom is 0.449 e. The van der Waals surface area contributed by atoms with Gasteiger partial charge in [0.15, 0.2) is 0 Å². The third-order valence-electron chi connectivity index (χ3n) is 6.43. The van der Waals surface area contributed by atoms with Crippen LogP contribution in [0.15, 0.2) is 65.7 Å². The number of pyridine rings is 2. The van der Waals surface area contributed by atoms with E-state index in [2.05, 4.69) is 11.1 Å². The smallest absolute Gasteiger partial charge is 0.449 e. The van der Waals surface area contributed by atoms with Crippen LogP contribution < -0.4 is 10.3 Å². The van der Waals surface area contributed by atoms with Crippen LogP contribution in [-0.4, -0.2) is 21.5 Å². The molecule has 8 heteroatoms. The van der Waals surface area contributed by atoms with Gasteiger partial charge in [-0.05, 0) is 72.9 Å². The van der Waals surface area contributed by atoms with E-state index in [9.17, 15) is 22.8 Å². The molecule has 4 rings (SSSR count). The summed E-state index contributed by atoms with van der Waals surface area (Å²) in [7, 11) is 0. The van der Waals surface area contributed by atoms with Crippen molar-refractivity contribution in [2.45, 2.75) is 57.9 Å². The number of aryl methyl sites for hydroxylation is 4. The van der Waals surface area contributed by atoms with Crippen LogP contribution >= 0.6 is 0 Å². The summed E-state index contributed by atoms with van der Waals surface area (Å²) in [6.45, 7) is 0.783. The number of rotatable bonds is 8. The van der Waals surface area contributed by atoms with Crippen molar-refractivity contribution in [3.05, 3.63) is 93.7 Å². The maximum atomic E-state index is 12.6. The first-order valence-electron chi connectivity index (χ1n) is 11.7. The highest BCUT2D eigenvalue weighted by molar-refractivity contribution is 5.84. The van der Waals surface area contributed by atoms with Gasteiger partial charge >= 0.3 is 6.18 Å². The first kappa shape index (κ1) is 24.7. The number of alkyl halides is 3. The molecule has 0 N–H and O–H groups in total. The van der Waals surface area contributed by atoms with Crippen molar-refractivity contribution in [2.75, 3.05) is 0 Å². The van der Waals surface area contributed by atoms with Crippen LogP contribution in [-0.2, 0) is 37.2 Å². The van der Waals surface area contributed by atoms with E-state index in [1.807, 2.05) is 30.3 Å². The predicted octanol–water partition coefficient (Wildman–Crippen LogP) is 5.08. The fourth-order valence-corrected chi connectivity index (χ4v) is 4.41. The van der Waals surface area contributed by atoms with Gasteiger partial charge in [0.2, 0.25) is 5.78 Å². The maximum absolute atomic E-state index is 12.6. The summed E-state index contributed by atoms with van der Waals surface area (Å²) in [5.41, 5.74) is 3.93. The number of benzene rings is 1. The largest absolute Gasteiger partial charge is 0.487 e. The molecule has 2 heterocycles. The van der Waals surface area contributed by atoms with Gasteiger partial charge in [-0.1, -0.05) is 24.3 Å². The number of ether oxygens (including phenoxy) is 1. The molecule has 0 aliphatic heterocycles. The van der Waals surface area contributed by atoms with Crippen molar-refractivity contribution in [3.8, 4) is 5.75 Å². The Labute approximate surface area is 201 Å². The zero-order chi connectivity index (χ0) is 24.8. The topological polar surface area (TPSA) is 61.2 Å². The number of carbonyl (C=O) groups is 1. The van der Waals surface area contributed by atoms with Crippen LogP contribution in [0.5, 0.6) is 5.75 Å². The Balaban J connectivity index is 1.32. The monoisotopic (exact) mass is 484 g/mol. The molecule has 1 aromatic carbocycles. The van der Waals surface area contributed by atoms with E-state index in [1.165, 1.54) is 6.07 Å². The number of nitrogens with zero attached hydrogens (tertiary/aromatic N) is 2. The molecule has 0 bridgehead atoms. The number of aromatic nitrogens is 2. The van der Waals surface area contributed by atoms with Crippen LogP contribution in [0.3, 0.4) is 0 Å². The average Bonchev–Trinajstić information content (AvgIpc) is 3.04. The summed E-state index contributed by atoms with van der Waals surface area (Å²) < 4.78 is 45.1. The lowest BCUT2D eigenvalue weighted by atomic mass is 9.93. The highest BCUT2D eigenvalue weighted by Gasteiger charge is 2.39. The number of halogens is 3. The molecule has 0 radical (unpaired) electrons. The van der Waals surface area contributed by atoms with E-state index in [-0.39, 0.29) is 18.1 Å². The standard InChI is InChI=1S/C27H27F3N2O3/c28-27(29,30)25(33)16-19-4-7-21-8-5-20(15-22(21)9-6-19)10-13-32-14-11-24(17-26(32)34)35-18-23-3-1-2-12-31-23/h1-3,5,8,11-12,14-15,17,19H,4,6-7,9-10,13,16,18H2. The zero-order valence-corrected chi connectivity index (χ0v) is 19.3. The number of ketones is 1. The molecule has 1 unspecified atom stereocenters. The Morgan fingerprint density at radius 1 is 1.06 bits per heavy atom. The van der Waals surface area contributed by atoms with E-state index in [1.54, 1.807) is 23.0 Å². The third-order valence-corrected chi connectivity index (χ3v) is 6.43. The summed E-state index contributed by atoms with van der Waals surface area (Å²) in [6, 6.07) is 14.9. The molecule has 1 aliphatic rings. The van der Waals surface area contributed by atoms with Gasteiger partial charge < -0.3 is 9.30 Å². The summed E-state index contributed by atoms with van der Waals surface area (Å²) in [5, 5.41) is 0. The van der Waals surface area contributed by atoms with Crippen LogP contribution in [0.25, 0.3) is 0 Å². The molecule has 0 amide bonds. The fourth-order valence-electron chi connectivity index (χ4n) is 4.41. The molecule has 3 aromatic rings.